The largest absolute Gasteiger partial charge is 0.460 e. The highest BCUT2D eigenvalue weighted by molar-refractivity contribution is 6.26. The molecule has 6 rings (SSSR count). The molecule has 2 amide bonds. The fourth-order valence-electron chi connectivity index (χ4n) is 5.24. The second kappa shape index (κ2) is 10.7. The predicted molar refractivity (Wildman–Crippen MR) is 149 cm³/mol. The SMILES string of the molecule is O=C(OCCN1C(=O)c2cccc3c(N4CCOCC4)ccc(c23)C1=O)c1ccc(C(=O)c2ccccc2)cc1. The highest BCUT2D eigenvalue weighted by Gasteiger charge is 2.34. The van der Waals surface area contributed by atoms with Crippen molar-refractivity contribution in [2.75, 3.05) is 44.4 Å². The molecule has 4 aromatic carbocycles. The zero-order valence-corrected chi connectivity index (χ0v) is 21.7. The van der Waals surface area contributed by atoms with Crippen LogP contribution in [0.5, 0.6) is 0 Å². The fourth-order valence-corrected chi connectivity index (χ4v) is 5.24. The van der Waals surface area contributed by atoms with E-state index >= 15 is 0 Å². The van der Waals surface area contributed by atoms with Gasteiger partial charge in [-0.05, 0) is 30.3 Å². The second-order valence-corrected chi connectivity index (χ2v) is 9.63. The van der Waals surface area contributed by atoms with Gasteiger partial charge in [-0.1, -0.05) is 54.6 Å². The summed E-state index contributed by atoms with van der Waals surface area (Å²) in [5.41, 5.74) is 3.16. The molecule has 2 aliphatic rings. The summed E-state index contributed by atoms with van der Waals surface area (Å²) in [7, 11) is 0. The number of rotatable bonds is 7. The van der Waals surface area contributed by atoms with E-state index in [4.69, 9.17) is 9.47 Å². The molecule has 1 saturated heterocycles. The Morgan fingerprint density at radius 1 is 0.725 bits per heavy atom. The molecule has 200 valence electrons. The Morgan fingerprint density at radius 2 is 1.38 bits per heavy atom. The zero-order chi connectivity index (χ0) is 27.6. The summed E-state index contributed by atoms with van der Waals surface area (Å²) in [5.74, 6) is -1.58. The Labute approximate surface area is 230 Å². The molecule has 40 heavy (non-hydrogen) atoms. The third-order valence-electron chi connectivity index (χ3n) is 7.29. The molecule has 0 aliphatic carbocycles. The summed E-state index contributed by atoms with van der Waals surface area (Å²) in [6, 6.07) is 24.3. The Hall–Kier alpha value is -4.82. The summed E-state index contributed by atoms with van der Waals surface area (Å²) < 4.78 is 10.9. The van der Waals surface area contributed by atoms with Gasteiger partial charge in [0, 0.05) is 51.8 Å². The number of benzene rings is 4. The maximum atomic E-state index is 13.4. The number of morpholine rings is 1. The van der Waals surface area contributed by atoms with Crippen molar-refractivity contribution in [2.24, 2.45) is 0 Å². The molecule has 8 nitrogen and oxygen atoms in total. The second-order valence-electron chi connectivity index (χ2n) is 9.63. The third kappa shape index (κ3) is 4.63. The molecule has 1 fully saturated rings. The number of carbonyl (C=O) groups is 4. The van der Waals surface area contributed by atoms with Crippen molar-refractivity contribution in [2.45, 2.75) is 0 Å². The van der Waals surface area contributed by atoms with Crippen LogP contribution in [0.3, 0.4) is 0 Å². The lowest BCUT2D eigenvalue weighted by atomic mass is 9.92. The number of anilines is 1. The van der Waals surface area contributed by atoms with E-state index in [0.717, 1.165) is 29.1 Å². The smallest absolute Gasteiger partial charge is 0.338 e. The van der Waals surface area contributed by atoms with Crippen LogP contribution >= 0.6 is 0 Å². The first kappa shape index (κ1) is 25.5. The summed E-state index contributed by atoms with van der Waals surface area (Å²) >= 11 is 0. The number of esters is 1. The lowest BCUT2D eigenvalue weighted by Gasteiger charge is -2.32. The van der Waals surface area contributed by atoms with Gasteiger partial charge in [-0.25, -0.2) is 4.79 Å². The van der Waals surface area contributed by atoms with E-state index in [9.17, 15) is 19.2 Å². The van der Waals surface area contributed by atoms with Gasteiger partial charge in [-0.2, -0.15) is 0 Å². The molecule has 0 spiro atoms. The molecule has 0 atom stereocenters. The van der Waals surface area contributed by atoms with Crippen LogP contribution in [-0.2, 0) is 9.47 Å². The van der Waals surface area contributed by atoms with Gasteiger partial charge in [0.15, 0.2) is 5.78 Å². The highest BCUT2D eigenvalue weighted by Crippen LogP contribution is 2.36. The van der Waals surface area contributed by atoms with Crippen LogP contribution in [0.15, 0.2) is 84.9 Å². The maximum absolute atomic E-state index is 13.4. The quantitative estimate of drug-likeness (QED) is 0.198. The first-order valence-electron chi connectivity index (χ1n) is 13.1. The van der Waals surface area contributed by atoms with Gasteiger partial charge in [-0.15, -0.1) is 0 Å². The van der Waals surface area contributed by atoms with Gasteiger partial charge in [-0.3, -0.25) is 19.3 Å². The number of ketones is 1. The van der Waals surface area contributed by atoms with E-state index in [1.54, 1.807) is 48.5 Å². The molecule has 0 aromatic heterocycles. The molecular formula is C32H26N2O6. The standard InChI is InChI=1S/C32H26N2O6/c35-29(21-5-2-1-3-6-21)22-9-11-23(12-10-22)32(38)40-20-17-34-30(36)25-8-4-7-24-27(33-15-18-39-19-16-33)14-13-26(28(24)25)31(34)37/h1-14H,15-20H2. The average molecular weight is 535 g/mol. The van der Waals surface area contributed by atoms with Gasteiger partial charge in [0.1, 0.15) is 6.61 Å². The topological polar surface area (TPSA) is 93.2 Å². The van der Waals surface area contributed by atoms with Crippen molar-refractivity contribution < 1.29 is 28.7 Å². The number of nitrogens with zero attached hydrogens (tertiary/aromatic N) is 2. The van der Waals surface area contributed by atoms with Crippen LogP contribution in [0, 0.1) is 0 Å². The minimum absolute atomic E-state index is 0.0744. The molecule has 8 heteroatoms. The van der Waals surface area contributed by atoms with Gasteiger partial charge < -0.3 is 14.4 Å². The van der Waals surface area contributed by atoms with Gasteiger partial charge in [0.05, 0.1) is 25.3 Å². The molecular weight excluding hydrogens is 508 g/mol. The van der Waals surface area contributed by atoms with Crippen molar-refractivity contribution in [1.29, 1.82) is 0 Å². The van der Waals surface area contributed by atoms with Crippen LogP contribution in [0.1, 0.15) is 47.0 Å². The molecule has 0 saturated carbocycles. The van der Waals surface area contributed by atoms with Crippen LogP contribution in [0.4, 0.5) is 5.69 Å². The Morgan fingerprint density at radius 3 is 2.10 bits per heavy atom. The number of hydrogen-bond acceptors (Lipinski definition) is 7. The van der Waals surface area contributed by atoms with E-state index in [1.807, 2.05) is 24.3 Å². The molecule has 0 unspecified atom stereocenters. The summed E-state index contributed by atoms with van der Waals surface area (Å²) in [6.07, 6.45) is 0. The maximum Gasteiger partial charge on any atom is 0.338 e. The van der Waals surface area contributed by atoms with Crippen molar-refractivity contribution >= 4 is 40.0 Å². The monoisotopic (exact) mass is 534 g/mol. The average Bonchev–Trinajstić information content (AvgIpc) is 3.01. The van der Waals surface area contributed by atoms with Crippen LogP contribution in [0.2, 0.25) is 0 Å². The molecule has 0 radical (unpaired) electrons. The number of amides is 2. The molecule has 0 bridgehead atoms. The Balaban J connectivity index is 1.13. The molecule has 2 aliphatic heterocycles. The van der Waals surface area contributed by atoms with Gasteiger partial charge >= 0.3 is 5.97 Å². The van der Waals surface area contributed by atoms with Crippen LogP contribution in [0.25, 0.3) is 10.8 Å². The first-order chi connectivity index (χ1) is 19.5. The lowest BCUT2D eigenvalue weighted by Crippen LogP contribution is -2.42. The third-order valence-corrected chi connectivity index (χ3v) is 7.29. The number of imide groups is 1. The first-order valence-corrected chi connectivity index (χ1v) is 13.1. The van der Waals surface area contributed by atoms with Crippen LogP contribution in [-0.4, -0.2) is 67.9 Å². The van der Waals surface area contributed by atoms with E-state index in [-0.39, 0.29) is 24.5 Å². The van der Waals surface area contributed by atoms with Crippen LogP contribution < -0.4 is 4.90 Å². The van der Waals surface area contributed by atoms with Gasteiger partial charge in [0.25, 0.3) is 11.8 Å². The van der Waals surface area contributed by atoms with E-state index in [2.05, 4.69) is 4.90 Å². The Kier molecular flexibility index (Phi) is 6.84. The lowest BCUT2D eigenvalue weighted by molar-refractivity contribution is 0.0405. The summed E-state index contributed by atoms with van der Waals surface area (Å²) in [6.45, 7) is 2.51. The van der Waals surface area contributed by atoms with Crippen molar-refractivity contribution in [1.82, 2.24) is 4.90 Å². The van der Waals surface area contributed by atoms with Crippen molar-refractivity contribution in [3.63, 3.8) is 0 Å². The Bertz CT molecular complexity index is 1600. The number of ether oxygens (including phenoxy) is 2. The minimum atomic E-state index is -0.603. The van der Waals surface area contributed by atoms with E-state index < -0.39 is 17.8 Å². The van der Waals surface area contributed by atoms with E-state index in [0.29, 0.717) is 40.9 Å². The minimum Gasteiger partial charge on any atom is -0.460 e. The fraction of sp³-hybridized carbons (Fsp3) is 0.188. The van der Waals surface area contributed by atoms with Crippen molar-refractivity contribution in [3.8, 4) is 0 Å². The number of carbonyl (C=O) groups excluding carboxylic acids is 4. The highest BCUT2D eigenvalue weighted by atomic mass is 16.5. The molecule has 4 aromatic rings. The number of hydrogen-bond donors (Lipinski definition) is 0. The van der Waals surface area contributed by atoms with Crippen molar-refractivity contribution in [3.05, 3.63) is 113 Å². The molecule has 0 N–H and O–H groups in total. The normalized spacial score (nSPS) is 14.9. The van der Waals surface area contributed by atoms with Gasteiger partial charge in [0.2, 0.25) is 0 Å². The summed E-state index contributed by atoms with van der Waals surface area (Å²) in [4.78, 5) is 55.3. The molecule has 2 heterocycles. The zero-order valence-electron chi connectivity index (χ0n) is 21.7. The predicted octanol–water partition coefficient (Wildman–Crippen LogP) is 4.36. The van der Waals surface area contributed by atoms with E-state index in [1.165, 1.54) is 12.1 Å². The summed E-state index contributed by atoms with van der Waals surface area (Å²) in [5, 5.41) is 1.51.